The normalized spacial score (nSPS) is 54.4. The Balaban J connectivity index is 1.54. The fourth-order valence-electron chi connectivity index (χ4n) is 6.97. The van der Waals surface area contributed by atoms with Crippen molar-refractivity contribution < 1.29 is 9.05 Å². The van der Waals surface area contributed by atoms with Crippen LogP contribution in [-0.4, -0.2) is 12.2 Å². The van der Waals surface area contributed by atoms with Crippen molar-refractivity contribution in [1.82, 2.24) is 0 Å². The monoisotopic (exact) mass is 402 g/mol. The molecule has 4 fully saturated rings. The summed E-state index contributed by atoms with van der Waals surface area (Å²) in [4.78, 5) is 0. The van der Waals surface area contributed by atoms with Gasteiger partial charge in [0.15, 0.2) is 0 Å². The van der Waals surface area contributed by atoms with Gasteiger partial charge in [-0.15, -0.1) is 0 Å². The maximum Gasteiger partial charge on any atom is 0.244 e. The van der Waals surface area contributed by atoms with Gasteiger partial charge in [0, 0.05) is 0 Å². The molecule has 0 aromatic carbocycles. The highest BCUT2D eigenvalue weighted by Crippen LogP contribution is 2.70. The van der Waals surface area contributed by atoms with E-state index in [-0.39, 0.29) is 33.9 Å². The van der Waals surface area contributed by atoms with Crippen molar-refractivity contribution in [2.45, 2.75) is 104 Å². The average Bonchev–Trinajstić information content (AvgIpc) is 2.76. The van der Waals surface area contributed by atoms with Crippen molar-refractivity contribution >= 4 is 29.7 Å². The van der Waals surface area contributed by atoms with Gasteiger partial charge in [-0.2, -0.15) is 0 Å². The van der Waals surface area contributed by atoms with E-state index in [0.717, 1.165) is 0 Å². The van der Waals surface area contributed by atoms with E-state index in [1.807, 2.05) is 0 Å². The fraction of sp³-hybridized carbons (Fsp3) is 1.00. The molecule has 5 heteroatoms. The van der Waals surface area contributed by atoms with Crippen molar-refractivity contribution in [1.29, 1.82) is 0 Å². The lowest BCUT2D eigenvalue weighted by Crippen LogP contribution is -2.44. The lowest BCUT2D eigenvalue weighted by atomic mass is 9.68. The quantitative estimate of drug-likeness (QED) is 0.408. The van der Waals surface area contributed by atoms with Crippen LogP contribution in [0, 0.1) is 21.7 Å². The Hall–Kier alpha value is 0.920. The summed E-state index contributed by atoms with van der Waals surface area (Å²) in [5.41, 5.74) is -1.48. The van der Waals surface area contributed by atoms with Crippen LogP contribution in [-0.2, 0) is 20.9 Å². The molecule has 0 saturated heterocycles. The molecule has 0 spiro atoms. The Kier molecular flexibility index (Phi) is 4.59. The van der Waals surface area contributed by atoms with E-state index in [0.29, 0.717) is 0 Å². The van der Waals surface area contributed by atoms with E-state index in [4.69, 9.17) is 33.1 Å². The second kappa shape index (κ2) is 5.96. The summed E-state index contributed by atoms with van der Waals surface area (Å²) >= 11 is 10.8. The lowest BCUT2D eigenvalue weighted by molar-refractivity contribution is -0.0524. The molecule has 144 valence electrons. The van der Waals surface area contributed by atoms with Crippen LogP contribution in [0.3, 0.4) is 0 Å². The highest BCUT2D eigenvalue weighted by atomic mass is 32.9. The van der Waals surface area contributed by atoms with Crippen LogP contribution in [0.2, 0.25) is 0 Å². The Morgan fingerprint density at radius 1 is 0.680 bits per heavy atom. The van der Waals surface area contributed by atoms with E-state index in [2.05, 4.69) is 27.7 Å². The molecule has 25 heavy (non-hydrogen) atoms. The van der Waals surface area contributed by atoms with Crippen molar-refractivity contribution in [3.63, 3.8) is 0 Å². The first-order valence-corrected chi connectivity index (χ1v) is 14.0. The molecule has 2 nitrogen and oxygen atoms in total. The van der Waals surface area contributed by atoms with Crippen LogP contribution in [0.4, 0.5) is 0 Å². The minimum Gasteiger partial charge on any atom is -0.317 e. The third-order valence-electron chi connectivity index (χ3n) is 8.54. The number of hydrogen-bond acceptors (Lipinski definition) is 3. The molecule has 4 atom stereocenters. The predicted octanol–water partition coefficient (Wildman–Crippen LogP) is 6.89. The first-order valence-electron chi connectivity index (χ1n) is 10.2. The van der Waals surface area contributed by atoms with Crippen LogP contribution in [0.25, 0.3) is 0 Å². The fourth-order valence-corrected chi connectivity index (χ4v) is 9.65. The van der Waals surface area contributed by atoms with Gasteiger partial charge in [-0.05, 0) is 84.8 Å². The largest absolute Gasteiger partial charge is 0.317 e. The average molecular weight is 403 g/mol. The van der Waals surface area contributed by atoms with Gasteiger partial charge in [0.1, 0.15) is 0 Å². The second-order valence-electron chi connectivity index (χ2n) is 10.8. The van der Waals surface area contributed by atoms with E-state index in [9.17, 15) is 0 Å². The number of thiol groups is 1. The Bertz CT molecular complexity index is 529. The SMILES string of the molecule is CC12CCCC(C)(CC1)C2OP(=S)(S)OC1C2(C)CCCC1(C)CC2. The summed E-state index contributed by atoms with van der Waals surface area (Å²) in [6.07, 6.45) is 13.2. The van der Waals surface area contributed by atoms with E-state index < -0.39 is 5.69 Å². The summed E-state index contributed by atoms with van der Waals surface area (Å²) < 4.78 is 13.3. The molecule has 4 bridgehead atoms. The third kappa shape index (κ3) is 3.11. The first-order chi connectivity index (χ1) is 11.5. The van der Waals surface area contributed by atoms with Gasteiger partial charge in [-0.25, -0.2) is 0 Å². The molecule has 4 rings (SSSR count). The zero-order chi connectivity index (χ0) is 18.1. The van der Waals surface area contributed by atoms with Gasteiger partial charge in [-0.3, -0.25) is 0 Å². The minimum absolute atomic E-state index is 0.221. The maximum atomic E-state index is 6.66. The smallest absolute Gasteiger partial charge is 0.244 e. The molecule has 0 N–H and O–H groups in total. The van der Waals surface area contributed by atoms with Crippen LogP contribution in [0.5, 0.6) is 0 Å². The van der Waals surface area contributed by atoms with Crippen LogP contribution < -0.4 is 0 Å². The number of rotatable bonds is 4. The van der Waals surface area contributed by atoms with Gasteiger partial charge < -0.3 is 9.05 Å². The van der Waals surface area contributed by atoms with Gasteiger partial charge in [-0.1, -0.05) is 52.8 Å². The molecule has 0 heterocycles. The summed E-state index contributed by atoms with van der Waals surface area (Å²) in [7, 11) is 0. The zero-order valence-corrected chi connectivity index (χ0v) is 19.0. The molecule has 0 aliphatic heterocycles. The molecule has 4 saturated carbocycles. The van der Waals surface area contributed by atoms with Crippen molar-refractivity contribution in [3.8, 4) is 0 Å². The second-order valence-corrected chi connectivity index (χ2v) is 16.0. The molecule has 0 radical (unpaired) electrons. The van der Waals surface area contributed by atoms with Crippen molar-refractivity contribution in [2.75, 3.05) is 0 Å². The van der Waals surface area contributed by atoms with E-state index in [1.165, 1.54) is 64.2 Å². The molecule has 0 amide bonds. The summed E-state index contributed by atoms with van der Waals surface area (Å²) in [6.45, 7) is 9.60. The molecular formula is C20H35O2PS2. The highest BCUT2D eigenvalue weighted by Gasteiger charge is 2.59. The van der Waals surface area contributed by atoms with E-state index in [1.54, 1.807) is 0 Å². The first kappa shape index (κ1) is 19.2. The van der Waals surface area contributed by atoms with Crippen LogP contribution in [0.1, 0.15) is 91.9 Å². The Labute approximate surface area is 164 Å². The number of hydrogen-bond donors (Lipinski definition) is 1. The summed E-state index contributed by atoms with van der Waals surface area (Å²) in [5.74, 6) is 0. The minimum atomic E-state index is -2.54. The molecule has 4 aliphatic rings. The van der Waals surface area contributed by atoms with Gasteiger partial charge in [0.2, 0.25) is 5.69 Å². The standard InChI is InChI=1S/C20H35O2PS2/c1-17-7-5-8-18(2,12-11-17)15(17)21-23(24,25)22-16-19(3)9-6-10-20(16,4)14-13-19/h15-16H,5-14H2,1-4H3,(H,24,25). The van der Waals surface area contributed by atoms with Crippen molar-refractivity contribution in [3.05, 3.63) is 0 Å². The summed E-state index contributed by atoms with van der Waals surface area (Å²) in [5, 5.41) is 0. The summed E-state index contributed by atoms with van der Waals surface area (Å²) in [6, 6.07) is 0. The molecule has 0 aromatic heterocycles. The topological polar surface area (TPSA) is 18.5 Å². The molecule has 4 aliphatic carbocycles. The van der Waals surface area contributed by atoms with Gasteiger partial charge in [0.25, 0.3) is 0 Å². The van der Waals surface area contributed by atoms with Crippen LogP contribution >= 0.6 is 17.9 Å². The van der Waals surface area contributed by atoms with Gasteiger partial charge >= 0.3 is 0 Å². The molecular weight excluding hydrogens is 367 g/mol. The number of fused-ring (bicyclic) bond motifs is 4. The third-order valence-corrected chi connectivity index (χ3v) is 10.6. The zero-order valence-electron chi connectivity index (χ0n) is 16.3. The molecule has 0 aromatic rings. The van der Waals surface area contributed by atoms with E-state index >= 15 is 0 Å². The van der Waals surface area contributed by atoms with Crippen LogP contribution in [0.15, 0.2) is 0 Å². The maximum absolute atomic E-state index is 6.66. The predicted molar refractivity (Wildman–Crippen MR) is 112 cm³/mol. The Morgan fingerprint density at radius 2 is 0.960 bits per heavy atom. The molecule has 4 unspecified atom stereocenters. The lowest BCUT2D eigenvalue weighted by Gasteiger charge is -2.48. The Morgan fingerprint density at radius 3 is 1.24 bits per heavy atom. The van der Waals surface area contributed by atoms with Crippen molar-refractivity contribution in [2.24, 2.45) is 21.7 Å². The highest BCUT2D eigenvalue weighted by molar-refractivity contribution is 8.60. The van der Waals surface area contributed by atoms with Gasteiger partial charge in [0.05, 0.1) is 12.2 Å².